The molecule has 1 aliphatic heterocycles. The van der Waals surface area contributed by atoms with Crippen LogP contribution in [-0.2, 0) is 11.3 Å². The van der Waals surface area contributed by atoms with Crippen molar-refractivity contribution in [3.05, 3.63) is 34.9 Å². The Kier molecular flexibility index (Phi) is 4.81. The van der Waals surface area contributed by atoms with Crippen molar-refractivity contribution in [1.29, 1.82) is 0 Å². The molecule has 1 aliphatic rings. The lowest BCUT2D eigenvalue weighted by molar-refractivity contribution is -0.145. The summed E-state index contributed by atoms with van der Waals surface area (Å²) in [5, 5.41) is 9.46. The van der Waals surface area contributed by atoms with Crippen molar-refractivity contribution in [2.45, 2.75) is 52.6 Å². The Morgan fingerprint density at radius 3 is 2.70 bits per heavy atom. The van der Waals surface area contributed by atoms with E-state index in [4.69, 9.17) is 0 Å². The summed E-state index contributed by atoms with van der Waals surface area (Å²) in [5.41, 5.74) is 3.78. The number of carbonyl (C=O) groups is 1. The topological polar surface area (TPSA) is 40.5 Å². The number of rotatable bonds is 4. The van der Waals surface area contributed by atoms with Crippen LogP contribution in [-0.4, -0.2) is 28.6 Å². The van der Waals surface area contributed by atoms with Crippen LogP contribution in [0.1, 0.15) is 42.9 Å². The van der Waals surface area contributed by atoms with Gasteiger partial charge in [-0.2, -0.15) is 0 Å². The van der Waals surface area contributed by atoms with Crippen LogP contribution >= 0.6 is 0 Å². The van der Waals surface area contributed by atoms with Crippen LogP contribution < -0.4 is 0 Å². The number of piperidine rings is 1. The first-order chi connectivity index (χ1) is 9.51. The number of carboxylic acids is 1. The van der Waals surface area contributed by atoms with Gasteiger partial charge in [0.05, 0.1) is 0 Å². The van der Waals surface area contributed by atoms with E-state index in [2.05, 4.69) is 43.9 Å². The molecule has 0 aliphatic carbocycles. The van der Waals surface area contributed by atoms with E-state index < -0.39 is 5.97 Å². The highest BCUT2D eigenvalue weighted by atomic mass is 16.4. The fraction of sp³-hybridized carbons (Fsp3) is 0.588. The molecule has 2 unspecified atom stereocenters. The molecule has 1 aromatic carbocycles. The lowest BCUT2D eigenvalue weighted by Gasteiger charge is -2.37. The van der Waals surface area contributed by atoms with Gasteiger partial charge >= 0.3 is 5.97 Å². The zero-order valence-corrected chi connectivity index (χ0v) is 12.7. The average molecular weight is 275 g/mol. The molecule has 1 N–H and O–H groups in total. The van der Waals surface area contributed by atoms with Gasteiger partial charge in [-0.25, -0.2) is 0 Å². The fourth-order valence-electron chi connectivity index (χ4n) is 3.04. The highest BCUT2D eigenvalue weighted by Crippen LogP contribution is 2.27. The molecule has 0 amide bonds. The smallest absolute Gasteiger partial charge is 0.320 e. The highest BCUT2D eigenvalue weighted by Gasteiger charge is 2.32. The summed E-state index contributed by atoms with van der Waals surface area (Å²) in [4.78, 5) is 13.6. The van der Waals surface area contributed by atoms with Crippen LogP contribution in [0.5, 0.6) is 0 Å². The second-order valence-corrected chi connectivity index (χ2v) is 6.04. The quantitative estimate of drug-likeness (QED) is 0.915. The number of nitrogens with zero attached hydrogens (tertiary/aromatic N) is 1. The fourth-order valence-corrected chi connectivity index (χ4v) is 3.04. The van der Waals surface area contributed by atoms with Crippen LogP contribution in [0.25, 0.3) is 0 Å². The summed E-state index contributed by atoms with van der Waals surface area (Å²) in [6.45, 7) is 8.00. The van der Waals surface area contributed by atoms with Crippen LogP contribution in [0.15, 0.2) is 18.2 Å². The molecule has 1 heterocycles. The minimum Gasteiger partial charge on any atom is -0.480 e. The predicted octanol–water partition coefficient (Wildman–Crippen LogP) is 3.38. The van der Waals surface area contributed by atoms with Crippen molar-refractivity contribution in [2.75, 3.05) is 6.54 Å². The largest absolute Gasteiger partial charge is 0.480 e. The van der Waals surface area contributed by atoms with Crippen molar-refractivity contribution in [3.8, 4) is 0 Å². The summed E-state index contributed by atoms with van der Waals surface area (Å²) >= 11 is 0. The second-order valence-electron chi connectivity index (χ2n) is 6.04. The van der Waals surface area contributed by atoms with Crippen molar-refractivity contribution < 1.29 is 9.90 Å². The van der Waals surface area contributed by atoms with Gasteiger partial charge in [0.1, 0.15) is 6.04 Å². The van der Waals surface area contributed by atoms with Crippen molar-refractivity contribution in [2.24, 2.45) is 5.92 Å². The minimum atomic E-state index is -0.674. The molecule has 0 aromatic heterocycles. The van der Waals surface area contributed by atoms with E-state index >= 15 is 0 Å². The molecule has 0 saturated carbocycles. The van der Waals surface area contributed by atoms with Crippen LogP contribution in [0.2, 0.25) is 0 Å². The molecule has 0 spiro atoms. The number of hydrogen-bond donors (Lipinski definition) is 1. The maximum absolute atomic E-state index is 11.5. The van der Waals surface area contributed by atoms with Gasteiger partial charge in [0, 0.05) is 6.54 Å². The molecule has 2 atom stereocenters. The molecule has 2 rings (SSSR count). The lowest BCUT2D eigenvalue weighted by Crippen LogP contribution is -2.46. The maximum Gasteiger partial charge on any atom is 0.320 e. The molecule has 0 bridgehead atoms. The van der Waals surface area contributed by atoms with Crippen molar-refractivity contribution in [1.82, 2.24) is 4.90 Å². The van der Waals surface area contributed by atoms with Gasteiger partial charge in [0.15, 0.2) is 0 Å². The molecule has 1 aromatic rings. The summed E-state index contributed by atoms with van der Waals surface area (Å²) in [6.07, 6.45) is 2.99. The molecule has 20 heavy (non-hydrogen) atoms. The highest BCUT2D eigenvalue weighted by molar-refractivity contribution is 5.73. The number of carboxylic acid groups (broad SMARTS) is 1. The summed E-state index contributed by atoms with van der Waals surface area (Å²) in [6, 6.07) is 6.10. The standard InChI is InChI=1S/C17H25NO2/c1-4-14-7-8-18(16(10-14)17(19)20)11-15-6-5-12(2)13(3)9-15/h5-6,9,14,16H,4,7-8,10-11H2,1-3H3,(H,19,20). The van der Waals surface area contributed by atoms with E-state index in [1.54, 1.807) is 0 Å². The Hall–Kier alpha value is -1.35. The monoisotopic (exact) mass is 275 g/mol. The Labute approximate surface area is 121 Å². The summed E-state index contributed by atoms with van der Waals surface area (Å²) < 4.78 is 0. The maximum atomic E-state index is 11.5. The Bertz CT molecular complexity index is 484. The number of benzene rings is 1. The van der Waals surface area contributed by atoms with E-state index in [0.717, 1.165) is 32.4 Å². The van der Waals surface area contributed by atoms with Gasteiger partial charge in [-0.05, 0) is 55.8 Å². The van der Waals surface area contributed by atoms with Crippen LogP contribution in [0.3, 0.4) is 0 Å². The van der Waals surface area contributed by atoms with E-state index in [1.807, 2.05) is 0 Å². The second kappa shape index (κ2) is 6.40. The molecule has 0 radical (unpaired) electrons. The third-order valence-electron chi connectivity index (χ3n) is 4.64. The van der Waals surface area contributed by atoms with Crippen LogP contribution in [0.4, 0.5) is 0 Å². The first kappa shape index (κ1) is 15.0. The van der Waals surface area contributed by atoms with E-state index in [9.17, 15) is 9.90 Å². The average Bonchev–Trinajstić information content (AvgIpc) is 2.43. The number of likely N-dealkylation sites (tertiary alicyclic amines) is 1. The zero-order chi connectivity index (χ0) is 14.7. The Morgan fingerprint density at radius 2 is 2.10 bits per heavy atom. The van der Waals surface area contributed by atoms with E-state index in [-0.39, 0.29) is 6.04 Å². The number of hydrogen-bond acceptors (Lipinski definition) is 2. The van der Waals surface area contributed by atoms with Gasteiger partial charge in [0.2, 0.25) is 0 Å². The lowest BCUT2D eigenvalue weighted by atomic mass is 9.88. The zero-order valence-electron chi connectivity index (χ0n) is 12.7. The van der Waals surface area contributed by atoms with Gasteiger partial charge < -0.3 is 5.11 Å². The van der Waals surface area contributed by atoms with Crippen LogP contribution in [0, 0.1) is 19.8 Å². The van der Waals surface area contributed by atoms with E-state index in [0.29, 0.717) is 5.92 Å². The van der Waals surface area contributed by atoms with Gasteiger partial charge in [0.25, 0.3) is 0 Å². The first-order valence-corrected chi connectivity index (χ1v) is 7.54. The predicted molar refractivity (Wildman–Crippen MR) is 80.8 cm³/mol. The number of aryl methyl sites for hydroxylation is 2. The molecule has 110 valence electrons. The molecule has 1 saturated heterocycles. The Morgan fingerprint density at radius 1 is 1.35 bits per heavy atom. The van der Waals surface area contributed by atoms with Gasteiger partial charge in [-0.1, -0.05) is 31.5 Å². The minimum absolute atomic E-state index is 0.324. The molecule has 3 nitrogen and oxygen atoms in total. The summed E-state index contributed by atoms with van der Waals surface area (Å²) in [5.74, 6) is -0.112. The molecular formula is C17H25NO2. The van der Waals surface area contributed by atoms with Gasteiger partial charge in [-0.15, -0.1) is 0 Å². The summed E-state index contributed by atoms with van der Waals surface area (Å²) in [7, 11) is 0. The first-order valence-electron chi connectivity index (χ1n) is 7.54. The third kappa shape index (κ3) is 3.40. The SMILES string of the molecule is CCC1CCN(Cc2ccc(C)c(C)c2)C(C(=O)O)C1. The Balaban J connectivity index is 2.10. The molecule has 3 heteroatoms. The van der Waals surface area contributed by atoms with Gasteiger partial charge in [-0.3, -0.25) is 9.69 Å². The molecular weight excluding hydrogens is 250 g/mol. The molecule has 1 fully saturated rings. The van der Waals surface area contributed by atoms with Crippen molar-refractivity contribution >= 4 is 5.97 Å². The van der Waals surface area contributed by atoms with Crippen molar-refractivity contribution in [3.63, 3.8) is 0 Å². The van der Waals surface area contributed by atoms with E-state index in [1.165, 1.54) is 16.7 Å². The third-order valence-corrected chi connectivity index (χ3v) is 4.64. The normalized spacial score (nSPS) is 23.8. The number of aliphatic carboxylic acids is 1.